The smallest absolute Gasteiger partial charge is 0.247 e. The van der Waals surface area contributed by atoms with Gasteiger partial charge >= 0.3 is 0 Å². The third-order valence-corrected chi connectivity index (χ3v) is 6.51. The maximum Gasteiger partial charge on any atom is 0.247 e. The minimum absolute atomic E-state index is 0.0535. The Bertz CT molecular complexity index is 776. The van der Waals surface area contributed by atoms with Gasteiger partial charge in [0.05, 0.1) is 0 Å². The number of piperidine rings is 1. The Kier molecular flexibility index (Phi) is 4.79. The van der Waals surface area contributed by atoms with Crippen molar-refractivity contribution in [2.75, 3.05) is 19.6 Å². The summed E-state index contributed by atoms with van der Waals surface area (Å²) in [6.07, 6.45) is 10.3. The molecule has 1 unspecified atom stereocenters. The molecule has 1 atom stereocenters. The zero-order valence-electron chi connectivity index (χ0n) is 16.3. The Hall–Kier alpha value is -2.17. The van der Waals surface area contributed by atoms with Gasteiger partial charge in [0.25, 0.3) is 0 Å². The van der Waals surface area contributed by atoms with Gasteiger partial charge in [0, 0.05) is 50.4 Å². The molecule has 1 saturated carbocycles. The number of hydrogen-bond donors (Lipinski definition) is 1. The summed E-state index contributed by atoms with van der Waals surface area (Å²) in [6, 6.07) is 1.96. The highest BCUT2D eigenvalue weighted by Gasteiger charge is 2.54. The molecule has 5 heteroatoms. The third kappa shape index (κ3) is 3.78. The standard InChI is InChI=1S/C22H29N3O2/c1-15(2)9-20(26)25-7-4-22(5-8-25)12-19(22)14-24-21(27)17-10-16-3-6-23-13-18(16)11-17/h3,6,10,13,15,19H,4-5,7-9,11-12,14H2,1-2H3,(H,24,27). The van der Waals surface area contributed by atoms with Crippen LogP contribution < -0.4 is 5.32 Å². The van der Waals surface area contributed by atoms with Crippen LogP contribution in [0.4, 0.5) is 0 Å². The van der Waals surface area contributed by atoms with E-state index >= 15 is 0 Å². The number of carbonyl (C=O) groups is 2. The molecule has 5 nitrogen and oxygen atoms in total. The highest BCUT2D eigenvalue weighted by atomic mass is 16.2. The molecular formula is C22H29N3O2. The number of rotatable bonds is 5. The van der Waals surface area contributed by atoms with Crippen LogP contribution in [0.5, 0.6) is 0 Å². The lowest BCUT2D eigenvalue weighted by Crippen LogP contribution is -2.40. The number of fused-ring (bicyclic) bond motifs is 1. The van der Waals surface area contributed by atoms with Crippen molar-refractivity contribution in [2.45, 2.75) is 46.0 Å². The third-order valence-electron chi connectivity index (χ3n) is 6.51. The average Bonchev–Trinajstić information content (AvgIpc) is 3.12. The summed E-state index contributed by atoms with van der Waals surface area (Å²) in [5.74, 6) is 1.34. The van der Waals surface area contributed by atoms with E-state index in [2.05, 4.69) is 24.1 Å². The van der Waals surface area contributed by atoms with Crippen molar-refractivity contribution in [1.82, 2.24) is 15.2 Å². The molecule has 1 aromatic heterocycles. The summed E-state index contributed by atoms with van der Waals surface area (Å²) in [6.45, 7) is 6.70. The molecule has 1 spiro atoms. The number of hydrogen-bond acceptors (Lipinski definition) is 3. The maximum absolute atomic E-state index is 12.5. The topological polar surface area (TPSA) is 62.3 Å². The van der Waals surface area contributed by atoms with Crippen LogP contribution in [0.15, 0.2) is 24.0 Å². The quantitative estimate of drug-likeness (QED) is 0.870. The fraction of sp³-hybridized carbons (Fsp3) is 0.591. The Morgan fingerprint density at radius 2 is 2.11 bits per heavy atom. The van der Waals surface area contributed by atoms with Crippen LogP contribution in [0.25, 0.3) is 6.08 Å². The van der Waals surface area contributed by atoms with E-state index in [0.717, 1.165) is 49.2 Å². The Balaban J connectivity index is 1.23. The van der Waals surface area contributed by atoms with Crippen molar-refractivity contribution in [2.24, 2.45) is 17.3 Å². The summed E-state index contributed by atoms with van der Waals surface area (Å²) in [5, 5.41) is 3.14. The number of aromatic nitrogens is 1. The SMILES string of the molecule is CC(C)CC(=O)N1CCC2(CC1)CC2CNC(=O)C1=Cc2ccncc2C1. The fourth-order valence-electron chi connectivity index (χ4n) is 4.66. The summed E-state index contributed by atoms with van der Waals surface area (Å²) in [5.41, 5.74) is 3.43. The van der Waals surface area contributed by atoms with Gasteiger partial charge in [-0.05, 0) is 59.8 Å². The van der Waals surface area contributed by atoms with Crippen LogP contribution in [0.2, 0.25) is 0 Å². The Morgan fingerprint density at radius 3 is 2.81 bits per heavy atom. The molecule has 0 bridgehead atoms. The van der Waals surface area contributed by atoms with Crippen molar-refractivity contribution in [3.8, 4) is 0 Å². The summed E-state index contributed by atoms with van der Waals surface area (Å²) in [4.78, 5) is 30.9. The van der Waals surface area contributed by atoms with Gasteiger partial charge in [-0.3, -0.25) is 14.6 Å². The first kappa shape index (κ1) is 18.2. The molecule has 27 heavy (non-hydrogen) atoms. The van der Waals surface area contributed by atoms with Crippen molar-refractivity contribution < 1.29 is 9.59 Å². The molecule has 2 amide bonds. The van der Waals surface area contributed by atoms with Crippen LogP contribution >= 0.6 is 0 Å². The second-order valence-electron chi connectivity index (χ2n) is 8.87. The zero-order valence-corrected chi connectivity index (χ0v) is 16.3. The van der Waals surface area contributed by atoms with Gasteiger partial charge in [-0.2, -0.15) is 0 Å². The first-order valence-corrected chi connectivity index (χ1v) is 10.2. The number of carbonyl (C=O) groups excluding carboxylic acids is 2. The van der Waals surface area contributed by atoms with Crippen LogP contribution in [-0.2, 0) is 16.0 Å². The Labute approximate surface area is 161 Å². The molecule has 3 aliphatic rings. The predicted molar refractivity (Wildman–Crippen MR) is 105 cm³/mol. The first-order chi connectivity index (χ1) is 13.0. The Morgan fingerprint density at radius 1 is 1.33 bits per heavy atom. The summed E-state index contributed by atoms with van der Waals surface area (Å²) in [7, 11) is 0. The van der Waals surface area contributed by atoms with E-state index < -0.39 is 0 Å². The lowest BCUT2D eigenvalue weighted by atomic mass is 9.90. The zero-order chi connectivity index (χ0) is 19.0. The minimum Gasteiger partial charge on any atom is -0.352 e. The summed E-state index contributed by atoms with van der Waals surface area (Å²) < 4.78 is 0. The van der Waals surface area contributed by atoms with Crippen LogP contribution in [-0.4, -0.2) is 41.3 Å². The molecule has 2 fully saturated rings. The highest BCUT2D eigenvalue weighted by Crippen LogP contribution is 2.59. The second-order valence-corrected chi connectivity index (χ2v) is 8.87. The van der Waals surface area contributed by atoms with E-state index in [0.29, 0.717) is 36.0 Å². The molecule has 1 aliphatic heterocycles. The van der Waals surface area contributed by atoms with Crippen molar-refractivity contribution in [1.29, 1.82) is 0 Å². The van der Waals surface area contributed by atoms with E-state index in [1.165, 1.54) is 6.42 Å². The van der Waals surface area contributed by atoms with Gasteiger partial charge in [0.2, 0.25) is 11.8 Å². The molecular weight excluding hydrogens is 338 g/mol. The molecule has 0 radical (unpaired) electrons. The van der Waals surface area contributed by atoms with E-state index in [9.17, 15) is 9.59 Å². The number of nitrogens with one attached hydrogen (secondary N) is 1. The van der Waals surface area contributed by atoms with Crippen molar-refractivity contribution >= 4 is 17.9 Å². The van der Waals surface area contributed by atoms with E-state index in [4.69, 9.17) is 0 Å². The molecule has 2 aliphatic carbocycles. The summed E-state index contributed by atoms with van der Waals surface area (Å²) >= 11 is 0. The molecule has 1 saturated heterocycles. The largest absolute Gasteiger partial charge is 0.352 e. The monoisotopic (exact) mass is 367 g/mol. The lowest BCUT2D eigenvalue weighted by molar-refractivity contribution is -0.133. The minimum atomic E-state index is 0.0535. The van der Waals surface area contributed by atoms with Crippen LogP contribution in [0.3, 0.4) is 0 Å². The van der Waals surface area contributed by atoms with E-state index in [-0.39, 0.29) is 5.91 Å². The molecule has 0 aromatic carbocycles. The van der Waals surface area contributed by atoms with E-state index in [1.54, 1.807) is 6.20 Å². The number of nitrogens with zero attached hydrogens (tertiary/aromatic N) is 2. The number of pyridine rings is 1. The predicted octanol–water partition coefficient (Wildman–Crippen LogP) is 2.81. The van der Waals surface area contributed by atoms with Gasteiger partial charge in [0.15, 0.2) is 0 Å². The highest BCUT2D eigenvalue weighted by molar-refractivity contribution is 6.00. The first-order valence-electron chi connectivity index (χ1n) is 10.2. The van der Waals surface area contributed by atoms with Gasteiger partial charge in [0.1, 0.15) is 0 Å². The van der Waals surface area contributed by atoms with E-state index in [1.807, 2.05) is 23.2 Å². The fourth-order valence-corrected chi connectivity index (χ4v) is 4.66. The normalized spacial score (nSPS) is 22.6. The van der Waals surface area contributed by atoms with Crippen molar-refractivity contribution in [3.63, 3.8) is 0 Å². The van der Waals surface area contributed by atoms with Gasteiger partial charge in [-0.15, -0.1) is 0 Å². The number of amides is 2. The van der Waals surface area contributed by atoms with Gasteiger partial charge in [-0.25, -0.2) is 0 Å². The molecule has 4 rings (SSSR count). The number of likely N-dealkylation sites (tertiary alicyclic amines) is 1. The average molecular weight is 367 g/mol. The molecule has 2 heterocycles. The van der Waals surface area contributed by atoms with Crippen molar-refractivity contribution in [3.05, 3.63) is 35.2 Å². The second kappa shape index (κ2) is 7.10. The molecule has 144 valence electrons. The van der Waals surface area contributed by atoms with Crippen LogP contribution in [0.1, 0.15) is 50.7 Å². The lowest BCUT2D eigenvalue weighted by Gasteiger charge is -2.33. The van der Waals surface area contributed by atoms with Gasteiger partial charge < -0.3 is 10.2 Å². The maximum atomic E-state index is 12.5. The van der Waals surface area contributed by atoms with Crippen LogP contribution in [0, 0.1) is 17.3 Å². The molecule has 1 N–H and O–H groups in total. The molecule has 1 aromatic rings. The van der Waals surface area contributed by atoms with Gasteiger partial charge in [-0.1, -0.05) is 13.8 Å².